The summed E-state index contributed by atoms with van der Waals surface area (Å²) in [5.74, 6) is 0.484. The molecule has 31 heavy (non-hydrogen) atoms. The molecule has 10 heteroatoms. The van der Waals surface area contributed by atoms with Gasteiger partial charge in [0.25, 0.3) is 0 Å². The van der Waals surface area contributed by atoms with Crippen molar-refractivity contribution in [3.05, 3.63) is 52.5 Å². The average molecular weight is 503 g/mol. The molecule has 2 aliphatic heterocycles. The Hall–Kier alpha value is -2.46. The van der Waals surface area contributed by atoms with Gasteiger partial charge >= 0.3 is 6.36 Å². The number of hydrogen-bond acceptors (Lipinski definition) is 5. The van der Waals surface area contributed by atoms with Crippen molar-refractivity contribution in [2.75, 3.05) is 18.8 Å². The molecule has 0 aliphatic carbocycles. The molecule has 168 valence electrons. The maximum absolute atomic E-state index is 11.6. The summed E-state index contributed by atoms with van der Waals surface area (Å²) in [7, 11) is 0. The van der Waals surface area contributed by atoms with Crippen LogP contribution in [0, 0.1) is 0 Å². The highest BCUT2D eigenvalue weighted by Crippen LogP contribution is 2.46. The second-order valence-corrected chi connectivity index (χ2v) is 8.28. The third-order valence-electron chi connectivity index (χ3n) is 5.21. The number of nitrogen functional groups attached to an aromatic ring is 1. The fourth-order valence-electron chi connectivity index (χ4n) is 3.63. The summed E-state index contributed by atoms with van der Waals surface area (Å²) in [5.41, 5.74) is 6.15. The number of carbonyl (C=O) groups is 1. The Kier molecular flexibility index (Phi) is 7.00. The minimum Gasteiger partial charge on any atom is -0.485 e. The summed E-state index contributed by atoms with van der Waals surface area (Å²) in [5, 5.41) is 10.3. The van der Waals surface area contributed by atoms with Crippen LogP contribution in [0.4, 0.5) is 18.9 Å². The van der Waals surface area contributed by atoms with E-state index >= 15 is 0 Å². The second-order valence-electron chi connectivity index (χ2n) is 7.42. The first-order valence-electron chi connectivity index (χ1n) is 9.57. The summed E-state index contributed by atoms with van der Waals surface area (Å²) in [6.07, 6.45) is -2.12. The summed E-state index contributed by atoms with van der Waals surface area (Å²) >= 11 is 3.48. The van der Waals surface area contributed by atoms with Crippen LogP contribution >= 0.6 is 15.9 Å². The molecule has 4 rings (SSSR count). The van der Waals surface area contributed by atoms with Crippen molar-refractivity contribution in [1.82, 2.24) is 4.90 Å². The second kappa shape index (κ2) is 9.35. The van der Waals surface area contributed by atoms with Crippen molar-refractivity contribution < 1.29 is 32.5 Å². The van der Waals surface area contributed by atoms with Crippen LogP contribution in [0.25, 0.3) is 0 Å². The van der Waals surface area contributed by atoms with Crippen LogP contribution in [0.5, 0.6) is 11.5 Å². The standard InChI is InChI=1S/C14H16BrNO3.C7H6F3NO/c15-11-3-1-2-10-12(18)8-14(19-13(10)11)4-6-16(9-17)7-5-14;8-7(9,10)12-6-3-1-5(11)2-4-6/h1-3,9,12,18H,4-8H2;1-4H,11H2. The van der Waals surface area contributed by atoms with Gasteiger partial charge in [-0.25, -0.2) is 0 Å². The zero-order valence-corrected chi connectivity index (χ0v) is 18.0. The molecule has 6 nitrogen and oxygen atoms in total. The van der Waals surface area contributed by atoms with E-state index in [0.717, 1.165) is 47.2 Å². The number of carbonyl (C=O) groups excluding carboxylic acids is 1. The number of nitrogens with two attached hydrogens (primary N) is 1. The van der Waals surface area contributed by atoms with Crippen molar-refractivity contribution in [3.8, 4) is 11.5 Å². The molecule has 3 N–H and O–H groups in total. The third kappa shape index (κ3) is 6.04. The fraction of sp³-hybridized carbons (Fsp3) is 0.381. The number of para-hydroxylation sites is 1. The molecule has 1 saturated heterocycles. The number of aliphatic hydroxyl groups excluding tert-OH is 1. The van der Waals surface area contributed by atoms with E-state index in [4.69, 9.17) is 10.5 Å². The number of benzene rings is 2. The van der Waals surface area contributed by atoms with Crippen molar-refractivity contribution in [2.45, 2.75) is 37.3 Å². The average Bonchev–Trinajstić information content (AvgIpc) is 2.71. The van der Waals surface area contributed by atoms with Gasteiger partial charge in [-0.05, 0) is 46.3 Å². The van der Waals surface area contributed by atoms with Crippen LogP contribution in [-0.4, -0.2) is 41.5 Å². The third-order valence-corrected chi connectivity index (χ3v) is 5.84. The SMILES string of the molecule is Nc1ccc(OC(F)(F)F)cc1.O=CN1CCC2(CC1)CC(O)c1cccc(Br)c1O2. The number of likely N-dealkylation sites (tertiary alicyclic amines) is 1. The zero-order chi connectivity index (χ0) is 22.6. The van der Waals surface area contributed by atoms with Gasteiger partial charge in [-0.1, -0.05) is 12.1 Å². The largest absolute Gasteiger partial charge is 0.573 e. The lowest BCUT2D eigenvalue weighted by Crippen LogP contribution is -2.50. The molecular formula is C21H22BrF3N2O4. The van der Waals surface area contributed by atoms with Crippen LogP contribution in [0.3, 0.4) is 0 Å². The Morgan fingerprint density at radius 3 is 2.42 bits per heavy atom. The number of ether oxygens (including phenoxy) is 2. The highest BCUT2D eigenvalue weighted by Gasteiger charge is 2.43. The molecule has 1 amide bonds. The number of hydrogen-bond donors (Lipinski definition) is 2. The van der Waals surface area contributed by atoms with Gasteiger partial charge in [0.05, 0.1) is 10.6 Å². The van der Waals surface area contributed by atoms with E-state index < -0.39 is 12.5 Å². The van der Waals surface area contributed by atoms with Gasteiger partial charge in [0, 0.05) is 43.6 Å². The molecule has 0 aromatic heterocycles. The molecule has 1 atom stereocenters. The van der Waals surface area contributed by atoms with E-state index in [0.29, 0.717) is 25.2 Å². The van der Waals surface area contributed by atoms with Crippen molar-refractivity contribution in [2.24, 2.45) is 0 Å². The maximum atomic E-state index is 11.6. The number of halogens is 4. The number of fused-ring (bicyclic) bond motifs is 1. The van der Waals surface area contributed by atoms with Gasteiger partial charge < -0.3 is 25.2 Å². The molecule has 1 unspecified atom stereocenters. The van der Waals surface area contributed by atoms with Crippen molar-refractivity contribution in [3.63, 3.8) is 0 Å². The topological polar surface area (TPSA) is 85.0 Å². The highest BCUT2D eigenvalue weighted by molar-refractivity contribution is 9.10. The molecule has 2 aromatic rings. The lowest BCUT2D eigenvalue weighted by atomic mass is 9.82. The number of anilines is 1. The smallest absolute Gasteiger partial charge is 0.485 e. The predicted octanol–water partition coefficient (Wildman–Crippen LogP) is 4.42. The number of amides is 1. The molecule has 0 bridgehead atoms. The summed E-state index contributed by atoms with van der Waals surface area (Å²) in [6.45, 7) is 1.38. The van der Waals surface area contributed by atoms with Gasteiger partial charge in [-0.2, -0.15) is 0 Å². The zero-order valence-electron chi connectivity index (χ0n) is 16.4. The Morgan fingerprint density at radius 1 is 1.19 bits per heavy atom. The highest BCUT2D eigenvalue weighted by atomic mass is 79.9. The molecule has 1 spiro atoms. The van der Waals surface area contributed by atoms with E-state index in [1.165, 1.54) is 12.1 Å². The minimum absolute atomic E-state index is 0.267. The van der Waals surface area contributed by atoms with Gasteiger partial charge in [-0.3, -0.25) is 4.79 Å². The lowest BCUT2D eigenvalue weighted by molar-refractivity contribution is -0.274. The first kappa shape index (κ1) is 23.2. The first-order chi connectivity index (χ1) is 14.6. The minimum atomic E-state index is -4.64. The molecular weight excluding hydrogens is 481 g/mol. The molecule has 2 aliphatic rings. The van der Waals surface area contributed by atoms with E-state index in [1.807, 2.05) is 18.2 Å². The number of aliphatic hydroxyl groups is 1. The molecule has 0 saturated carbocycles. The number of alkyl halides is 3. The summed E-state index contributed by atoms with van der Waals surface area (Å²) in [4.78, 5) is 12.5. The van der Waals surface area contributed by atoms with E-state index in [9.17, 15) is 23.1 Å². The van der Waals surface area contributed by atoms with E-state index in [2.05, 4.69) is 20.7 Å². The Morgan fingerprint density at radius 2 is 1.84 bits per heavy atom. The van der Waals surface area contributed by atoms with Crippen LogP contribution in [0.1, 0.15) is 30.9 Å². The quantitative estimate of drug-likeness (QED) is 0.468. The fourth-order valence-corrected chi connectivity index (χ4v) is 4.09. The summed E-state index contributed by atoms with van der Waals surface area (Å²) in [6, 6.07) is 10.7. The normalized spacial score (nSPS) is 19.5. The molecule has 2 aromatic carbocycles. The Labute approximate surface area is 185 Å². The van der Waals surface area contributed by atoms with E-state index in [1.54, 1.807) is 4.90 Å². The molecule has 1 fully saturated rings. The molecule has 0 radical (unpaired) electrons. The monoisotopic (exact) mass is 502 g/mol. The van der Waals surface area contributed by atoms with Crippen molar-refractivity contribution >= 4 is 28.0 Å². The van der Waals surface area contributed by atoms with Gasteiger partial charge in [0.15, 0.2) is 0 Å². The Bertz CT molecular complexity index is 900. The number of nitrogens with zero attached hydrogens (tertiary/aromatic N) is 1. The van der Waals surface area contributed by atoms with Crippen LogP contribution < -0.4 is 15.2 Å². The van der Waals surface area contributed by atoms with Gasteiger partial charge in [-0.15, -0.1) is 13.2 Å². The maximum Gasteiger partial charge on any atom is 0.573 e. The number of piperidine rings is 1. The lowest BCUT2D eigenvalue weighted by Gasteiger charge is -2.45. The van der Waals surface area contributed by atoms with E-state index in [-0.39, 0.29) is 11.4 Å². The molecule has 2 heterocycles. The van der Waals surface area contributed by atoms with Crippen LogP contribution in [0.2, 0.25) is 0 Å². The predicted molar refractivity (Wildman–Crippen MR) is 111 cm³/mol. The summed E-state index contributed by atoms with van der Waals surface area (Å²) < 4.78 is 45.4. The Balaban J connectivity index is 0.000000196. The van der Waals surface area contributed by atoms with Crippen molar-refractivity contribution in [1.29, 1.82) is 0 Å². The number of rotatable bonds is 2. The van der Waals surface area contributed by atoms with Crippen LogP contribution in [0.15, 0.2) is 46.9 Å². The first-order valence-corrected chi connectivity index (χ1v) is 10.4. The van der Waals surface area contributed by atoms with Gasteiger partial charge in [0.2, 0.25) is 6.41 Å². The van der Waals surface area contributed by atoms with Gasteiger partial charge in [0.1, 0.15) is 17.1 Å². The van der Waals surface area contributed by atoms with Crippen LogP contribution in [-0.2, 0) is 4.79 Å².